The average molecular weight is 398 g/mol. The van der Waals surface area contributed by atoms with E-state index < -0.39 is 0 Å². The monoisotopic (exact) mass is 398 g/mol. The van der Waals surface area contributed by atoms with Crippen molar-refractivity contribution in [3.8, 4) is 5.75 Å². The fraction of sp³-hybridized carbons (Fsp3) is 0.391. The smallest absolute Gasteiger partial charge is 0.261 e. The fourth-order valence-electron chi connectivity index (χ4n) is 3.53. The quantitative estimate of drug-likeness (QED) is 0.851. The molecule has 0 spiro atoms. The summed E-state index contributed by atoms with van der Waals surface area (Å²) in [6.45, 7) is 1.08. The Labute approximate surface area is 170 Å². The molecule has 3 rings (SSSR count). The minimum absolute atomic E-state index is 0.0574. The molecule has 2 aromatic rings. The third kappa shape index (κ3) is 6.31. The van der Waals surface area contributed by atoms with E-state index in [1.165, 1.54) is 24.3 Å². The summed E-state index contributed by atoms with van der Waals surface area (Å²) in [5.74, 6) is -0.161. The largest absolute Gasteiger partial charge is 0.484 e. The van der Waals surface area contributed by atoms with E-state index in [1.54, 1.807) is 4.90 Å². The van der Waals surface area contributed by atoms with Gasteiger partial charge in [0, 0.05) is 13.1 Å². The lowest BCUT2D eigenvalue weighted by Crippen LogP contribution is -2.41. The van der Waals surface area contributed by atoms with Crippen LogP contribution < -0.4 is 10.1 Å². The van der Waals surface area contributed by atoms with Gasteiger partial charge in [-0.1, -0.05) is 43.2 Å². The van der Waals surface area contributed by atoms with Gasteiger partial charge in [-0.3, -0.25) is 9.59 Å². The van der Waals surface area contributed by atoms with Gasteiger partial charge in [-0.15, -0.1) is 0 Å². The molecule has 5 nitrogen and oxygen atoms in total. The lowest BCUT2D eigenvalue weighted by atomic mass is 10.0. The Morgan fingerprint density at radius 2 is 1.76 bits per heavy atom. The minimum Gasteiger partial charge on any atom is -0.484 e. The van der Waals surface area contributed by atoms with Crippen LogP contribution in [0.4, 0.5) is 4.39 Å². The molecule has 0 radical (unpaired) electrons. The maximum absolute atomic E-state index is 13.1. The Morgan fingerprint density at radius 3 is 2.52 bits per heavy atom. The van der Waals surface area contributed by atoms with Gasteiger partial charge in [0.2, 0.25) is 5.91 Å². The predicted octanol–water partition coefficient (Wildman–Crippen LogP) is 3.85. The van der Waals surface area contributed by atoms with Crippen LogP contribution in [0, 0.1) is 5.82 Å². The Morgan fingerprint density at radius 1 is 1.03 bits per heavy atom. The molecule has 0 aliphatic carbocycles. The minimum atomic E-state index is -0.356. The second kappa shape index (κ2) is 10.6. The molecule has 1 unspecified atom stereocenters. The van der Waals surface area contributed by atoms with Crippen molar-refractivity contribution < 1.29 is 18.7 Å². The first-order chi connectivity index (χ1) is 14.1. The summed E-state index contributed by atoms with van der Waals surface area (Å²) < 4.78 is 18.7. The molecule has 6 heteroatoms. The molecule has 2 amide bonds. The van der Waals surface area contributed by atoms with E-state index in [1.807, 2.05) is 30.3 Å². The van der Waals surface area contributed by atoms with Gasteiger partial charge in [-0.05, 0) is 42.7 Å². The highest BCUT2D eigenvalue weighted by Crippen LogP contribution is 2.26. The van der Waals surface area contributed by atoms with E-state index in [9.17, 15) is 14.0 Å². The molecule has 0 saturated carbocycles. The Kier molecular flexibility index (Phi) is 7.61. The summed E-state index contributed by atoms with van der Waals surface area (Å²) in [6.07, 6.45) is 4.06. The second-order valence-corrected chi connectivity index (χ2v) is 7.22. The van der Waals surface area contributed by atoms with Crippen molar-refractivity contribution in [2.75, 3.05) is 19.7 Å². The lowest BCUT2D eigenvalue weighted by Gasteiger charge is -2.32. The summed E-state index contributed by atoms with van der Waals surface area (Å²) in [5.41, 5.74) is 0.928. The van der Waals surface area contributed by atoms with Crippen molar-refractivity contribution in [3.05, 3.63) is 66.0 Å². The van der Waals surface area contributed by atoms with Crippen LogP contribution in [0.15, 0.2) is 54.6 Å². The van der Waals surface area contributed by atoms with Crippen molar-refractivity contribution in [3.63, 3.8) is 0 Å². The highest BCUT2D eigenvalue weighted by atomic mass is 19.1. The summed E-state index contributed by atoms with van der Waals surface area (Å²) in [6, 6.07) is 14.9. The molecule has 154 valence electrons. The van der Waals surface area contributed by atoms with Crippen molar-refractivity contribution in [2.24, 2.45) is 0 Å². The van der Waals surface area contributed by atoms with Crippen molar-refractivity contribution in [1.82, 2.24) is 10.2 Å². The maximum atomic E-state index is 13.1. The molecule has 2 aromatic carbocycles. The Hall–Kier alpha value is -2.89. The van der Waals surface area contributed by atoms with Crippen molar-refractivity contribution >= 4 is 11.8 Å². The average Bonchev–Trinajstić information content (AvgIpc) is 2.78. The van der Waals surface area contributed by atoms with Gasteiger partial charge in [0.15, 0.2) is 6.61 Å². The van der Waals surface area contributed by atoms with Crippen LogP contribution in [-0.4, -0.2) is 36.4 Å². The Balaban J connectivity index is 1.78. The highest BCUT2D eigenvalue weighted by molar-refractivity contribution is 5.81. The first kappa shape index (κ1) is 20.8. The summed E-state index contributed by atoms with van der Waals surface area (Å²) in [7, 11) is 0. The molecule has 1 saturated heterocycles. The summed E-state index contributed by atoms with van der Waals surface area (Å²) >= 11 is 0. The molecule has 1 aliphatic rings. The van der Waals surface area contributed by atoms with Crippen LogP contribution in [0.1, 0.15) is 43.7 Å². The molecule has 0 aromatic heterocycles. The van der Waals surface area contributed by atoms with Crippen LogP contribution >= 0.6 is 0 Å². The summed E-state index contributed by atoms with van der Waals surface area (Å²) in [5, 5.41) is 2.96. The third-order valence-corrected chi connectivity index (χ3v) is 5.08. The number of benzene rings is 2. The molecule has 1 fully saturated rings. The number of amides is 2. The molecular weight excluding hydrogens is 371 g/mol. The molecule has 29 heavy (non-hydrogen) atoms. The number of carbonyl (C=O) groups is 2. The number of rotatable bonds is 4. The summed E-state index contributed by atoms with van der Waals surface area (Å²) in [4.78, 5) is 27.3. The van der Waals surface area contributed by atoms with Crippen LogP contribution in [0.25, 0.3) is 0 Å². The van der Waals surface area contributed by atoms with Gasteiger partial charge >= 0.3 is 0 Å². The van der Waals surface area contributed by atoms with E-state index >= 15 is 0 Å². The molecule has 1 heterocycles. The van der Waals surface area contributed by atoms with Crippen LogP contribution in [0.2, 0.25) is 0 Å². The number of nitrogens with zero attached hydrogens (tertiary/aromatic N) is 1. The zero-order chi connectivity index (χ0) is 20.5. The molecule has 1 atom stereocenters. The topological polar surface area (TPSA) is 58.6 Å². The van der Waals surface area contributed by atoms with Crippen LogP contribution in [-0.2, 0) is 9.59 Å². The van der Waals surface area contributed by atoms with E-state index in [0.717, 1.165) is 31.2 Å². The lowest BCUT2D eigenvalue weighted by molar-refractivity contribution is -0.137. The Bertz CT molecular complexity index is 796. The SMILES string of the molecule is O=C1CC(c2ccccc2)N(C(=O)COc2ccc(F)cc2)CCCCCCN1. The van der Waals surface area contributed by atoms with Gasteiger partial charge in [-0.25, -0.2) is 4.39 Å². The zero-order valence-electron chi connectivity index (χ0n) is 16.5. The van der Waals surface area contributed by atoms with Crippen LogP contribution in [0.3, 0.4) is 0 Å². The molecule has 1 aliphatic heterocycles. The molecule has 0 bridgehead atoms. The third-order valence-electron chi connectivity index (χ3n) is 5.08. The van der Waals surface area contributed by atoms with E-state index in [-0.39, 0.29) is 36.7 Å². The van der Waals surface area contributed by atoms with Gasteiger partial charge in [-0.2, -0.15) is 0 Å². The van der Waals surface area contributed by atoms with Gasteiger partial charge < -0.3 is 15.0 Å². The van der Waals surface area contributed by atoms with Gasteiger partial charge in [0.05, 0.1) is 12.5 Å². The zero-order valence-corrected chi connectivity index (χ0v) is 16.5. The number of halogens is 1. The van der Waals surface area contributed by atoms with E-state index in [0.29, 0.717) is 18.8 Å². The molecule has 1 N–H and O–H groups in total. The van der Waals surface area contributed by atoms with Gasteiger partial charge in [0.25, 0.3) is 5.91 Å². The normalized spacial score (nSPS) is 18.4. The van der Waals surface area contributed by atoms with Crippen molar-refractivity contribution in [1.29, 1.82) is 0 Å². The second-order valence-electron chi connectivity index (χ2n) is 7.22. The fourth-order valence-corrected chi connectivity index (χ4v) is 3.53. The van der Waals surface area contributed by atoms with E-state index in [2.05, 4.69) is 5.32 Å². The first-order valence-corrected chi connectivity index (χ1v) is 10.1. The van der Waals surface area contributed by atoms with Gasteiger partial charge in [0.1, 0.15) is 11.6 Å². The standard InChI is InChI=1S/C23H27FN2O3/c24-19-10-12-20(13-11-19)29-17-23(28)26-15-7-2-1-6-14-25-22(27)16-21(26)18-8-4-3-5-9-18/h3-5,8-13,21H,1-2,6-7,14-17H2,(H,25,27). The molecular formula is C23H27FN2O3. The maximum Gasteiger partial charge on any atom is 0.261 e. The number of hydrogen-bond acceptors (Lipinski definition) is 3. The number of ether oxygens (including phenoxy) is 1. The predicted molar refractivity (Wildman–Crippen MR) is 109 cm³/mol. The first-order valence-electron chi connectivity index (χ1n) is 10.1. The van der Waals surface area contributed by atoms with E-state index in [4.69, 9.17) is 4.74 Å². The number of carbonyl (C=O) groups excluding carboxylic acids is 2. The number of nitrogens with one attached hydrogen (secondary N) is 1. The highest BCUT2D eigenvalue weighted by Gasteiger charge is 2.27. The number of hydrogen-bond donors (Lipinski definition) is 1. The van der Waals surface area contributed by atoms with Crippen molar-refractivity contribution in [2.45, 2.75) is 38.1 Å². The van der Waals surface area contributed by atoms with Crippen LogP contribution in [0.5, 0.6) is 5.75 Å².